The van der Waals surface area contributed by atoms with E-state index in [0.717, 1.165) is 13.1 Å². The number of ether oxygens (including phenoxy) is 1. The van der Waals surface area contributed by atoms with Gasteiger partial charge >= 0.3 is 0 Å². The molecule has 0 atom stereocenters. The highest BCUT2D eigenvalue weighted by atomic mass is 32.1. The summed E-state index contributed by atoms with van der Waals surface area (Å²) in [6.07, 6.45) is 0.496. The monoisotopic (exact) mass is 187 g/mol. The fourth-order valence-corrected chi connectivity index (χ4v) is 1.42. The van der Waals surface area contributed by atoms with Crippen molar-refractivity contribution in [3.8, 4) is 0 Å². The lowest BCUT2D eigenvalue weighted by atomic mass is 10.3. The highest BCUT2D eigenvalue weighted by Crippen LogP contribution is 2.01. The van der Waals surface area contributed by atoms with E-state index in [2.05, 4.69) is 0 Å². The van der Waals surface area contributed by atoms with Crippen LogP contribution in [0.1, 0.15) is 13.3 Å². The Morgan fingerprint density at radius 1 is 1.50 bits per heavy atom. The van der Waals surface area contributed by atoms with Gasteiger partial charge in [-0.25, -0.2) is 0 Å². The van der Waals surface area contributed by atoms with E-state index < -0.39 is 0 Å². The summed E-state index contributed by atoms with van der Waals surface area (Å²) in [5, 5.41) is 0. The fourth-order valence-electron chi connectivity index (χ4n) is 1.09. The molecule has 0 spiro atoms. The van der Waals surface area contributed by atoms with E-state index in [1.54, 1.807) is 0 Å². The molecule has 0 aromatic rings. The maximum absolute atomic E-state index is 11.2. The zero-order valence-electron chi connectivity index (χ0n) is 7.21. The summed E-state index contributed by atoms with van der Waals surface area (Å²) in [4.78, 5) is 13.6. The topological polar surface area (TPSA) is 29.5 Å². The predicted octanol–water partition coefficient (Wildman–Crippen LogP) is 0.625. The van der Waals surface area contributed by atoms with Crippen LogP contribution in [0.2, 0.25) is 0 Å². The van der Waals surface area contributed by atoms with Gasteiger partial charge in [0.05, 0.1) is 13.2 Å². The van der Waals surface area contributed by atoms with E-state index in [9.17, 15) is 4.79 Å². The first-order valence-electron chi connectivity index (χ1n) is 4.15. The molecule has 12 heavy (non-hydrogen) atoms. The van der Waals surface area contributed by atoms with Gasteiger partial charge in [0.15, 0.2) is 5.78 Å². The van der Waals surface area contributed by atoms with Gasteiger partial charge in [-0.2, -0.15) is 0 Å². The van der Waals surface area contributed by atoms with Crippen molar-refractivity contribution < 1.29 is 9.53 Å². The van der Waals surface area contributed by atoms with Crippen LogP contribution in [0.4, 0.5) is 0 Å². The Morgan fingerprint density at radius 2 is 2.08 bits per heavy atom. The van der Waals surface area contributed by atoms with E-state index in [4.69, 9.17) is 17.0 Å². The number of carbonyl (C=O) groups excluding carboxylic acids is 1. The Bertz CT molecular complexity index is 187. The van der Waals surface area contributed by atoms with E-state index in [1.165, 1.54) is 0 Å². The van der Waals surface area contributed by atoms with E-state index in [1.807, 2.05) is 11.8 Å². The minimum Gasteiger partial charge on any atom is -0.378 e. The van der Waals surface area contributed by atoms with Crippen LogP contribution in [-0.2, 0) is 9.53 Å². The fraction of sp³-hybridized carbons (Fsp3) is 0.750. The highest BCUT2D eigenvalue weighted by molar-refractivity contribution is 7.82. The Labute approximate surface area is 77.7 Å². The second kappa shape index (κ2) is 4.52. The zero-order valence-corrected chi connectivity index (χ0v) is 8.02. The standard InChI is InChI=1S/C8H13NO2S/c1-2-7(10)8(12)9-3-5-11-6-4-9/h2-6H2,1H3. The third kappa shape index (κ3) is 2.25. The Balaban J connectivity index is 2.45. The molecule has 1 aliphatic heterocycles. The van der Waals surface area contributed by atoms with E-state index >= 15 is 0 Å². The minimum atomic E-state index is 0.0619. The number of Topliss-reactive ketones (excluding diaryl/α,β-unsaturated/α-hetero) is 1. The van der Waals surface area contributed by atoms with Crippen molar-refractivity contribution in [3.63, 3.8) is 0 Å². The third-order valence-corrected chi connectivity index (χ3v) is 2.34. The van der Waals surface area contributed by atoms with Gasteiger partial charge in [-0.1, -0.05) is 19.1 Å². The Kier molecular flexibility index (Phi) is 3.62. The van der Waals surface area contributed by atoms with Gasteiger partial charge in [-0.05, 0) is 0 Å². The molecule has 0 aromatic carbocycles. The molecule has 0 N–H and O–H groups in total. The van der Waals surface area contributed by atoms with Gasteiger partial charge < -0.3 is 9.64 Å². The molecule has 1 aliphatic rings. The lowest BCUT2D eigenvalue weighted by Gasteiger charge is -2.28. The van der Waals surface area contributed by atoms with Crippen molar-refractivity contribution in [1.82, 2.24) is 4.90 Å². The summed E-state index contributed by atoms with van der Waals surface area (Å²) in [5.74, 6) is 0.0619. The summed E-state index contributed by atoms with van der Waals surface area (Å²) in [6.45, 7) is 4.69. The van der Waals surface area contributed by atoms with Crippen LogP contribution in [0.25, 0.3) is 0 Å². The average molecular weight is 187 g/mol. The van der Waals surface area contributed by atoms with Crippen molar-refractivity contribution in [2.45, 2.75) is 13.3 Å². The maximum atomic E-state index is 11.2. The van der Waals surface area contributed by atoms with Crippen LogP contribution in [0.3, 0.4) is 0 Å². The number of carbonyl (C=O) groups is 1. The number of hydrogen-bond donors (Lipinski definition) is 0. The Morgan fingerprint density at radius 3 is 2.58 bits per heavy atom. The summed E-state index contributed by atoms with van der Waals surface area (Å²) in [6, 6.07) is 0. The molecule has 0 amide bonds. The molecule has 3 nitrogen and oxygen atoms in total. The molecule has 0 bridgehead atoms. The van der Waals surface area contributed by atoms with Crippen molar-refractivity contribution in [1.29, 1.82) is 0 Å². The molecular weight excluding hydrogens is 174 g/mol. The molecule has 1 heterocycles. The largest absolute Gasteiger partial charge is 0.378 e. The van der Waals surface area contributed by atoms with Crippen LogP contribution in [-0.4, -0.2) is 42.0 Å². The second-order valence-corrected chi connectivity index (χ2v) is 3.07. The number of nitrogens with zero attached hydrogens (tertiary/aromatic N) is 1. The average Bonchev–Trinajstić information content (AvgIpc) is 2.17. The lowest BCUT2D eigenvalue weighted by molar-refractivity contribution is -0.113. The van der Waals surface area contributed by atoms with Gasteiger partial charge in [0.25, 0.3) is 0 Å². The number of ketones is 1. The van der Waals surface area contributed by atoms with Crippen LogP contribution < -0.4 is 0 Å². The zero-order chi connectivity index (χ0) is 8.97. The molecule has 0 saturated carbocycles. The first-order valence-corrected chi connectivity index (χ1v) is 4.56. The third-order valence-electron chi connectivity index (χ3n) is 1.86. The van der Waals surface area contributed by atoms with Crippen molar-refractivity contribution >= 4 is 23.0 Å². The van der Waals surface area contributed by atoms with Gasteiger partial charge in [0.1, 0.15) is 4.99 Å². The molecule has 0 aliphatic carbocycles. The molecule has 0 radical (unpaired) electrons. The Hall–Kier alpha value is -0.480. The molecule has 1 saturated heterocycles. The summed E-state index contributed by atoms with van der Waals surface area (Å²) >= 11 is 5.02. The second-order valence-electron chi connectivity index (χ2n) is 2.68. The molecule has 68 valence electrons. The van der Waals surface area contributed by atoms with Crippen molar-refractivity contribution in [2.75, 3.05) is 26.3 Å². The number of hydrogen-bond acceptors (Lipinski definition) is 3. The minimum absolute atomic E-state index is 0.0619. The summed E-state index contributed by atoms with van der Waals surface area (Å²) in [7, 11) is 0. The normalized spacial score (nSPS) is 17.6. The molecule has 0 unspecified atom stereocenters. The molecule has 4 heteroatoms. The number of rotatable bonds is 2. The molecule has 0 aromatic heterocycles. The lowest BCUT2D eigenvalue weighted by Crippen LogP contribution is -2.42. The van der Waals surface area contributed by atoms with Gasteiger partial charge in [0.2, 0.25) is 0 Å². The van der Waals surface area contributed by atoms with Gasteiger partial charge in [-0.3, -0.25) is 4.79 Å². The number of morpholine rings is 1. The van der Waals surface area contributed by atoms with Gasteiger partial charge in [-0.15, -0.1) is 0 Å². The van der Waals surface area contributed by atoms with Crippen molar-refractivity contribution in [3.05, 3.63) is 0 Å². The van der Waals surface area contributed by atoms with Crippen LogP contribution >= 0.6 is 12.2 Å². The van der Waals surface area contributed by atoms with Crippen LogP contribution in [0, 0.1) is 0 Å². The number of thiocarbonyl (C=S) groups is 1. The van der Waals surface area contributed by atoms with Crippen LogP contribution in [0.15, 0.2) is 0 Å². The van der Waals surface area contributed by atoms with Crippen molar-refractivity contribution in [2.24, 2.45) is 0 Å². The SMILES string of the molecule is CCC(=O)C(=S)N1CCOCC1. The van der Waals surface area contributed by atoms with E-state index in [-0.39, 0.29) is 5.78 Å². The highest BCUT2D eigenvalue weighted by Gasteiger charge is 2.17. The van der Waals surface area contributed by atoms with Crippen LogP contribution in [0.5, 0.6) is 0 Å². The predicted molar refractivity (Wildman–Crippen MR) is 50.3 cm³/mol. The maximum Gasteiger partial charge on any atom is 0.189 e. The first-order chi connectivity index (χ1) is 5.75. The van der Waals surface area contributed by atoms with E-state index in [0.29, 0.717) is 24.6 Å². The smallest absolute Gasteiger partial charge is 0.189 e. The summed E-state index contributed by atoms with van der Waals surface area (Å²) in [5.41, 5.74) is 0. The summed E-state index contributed by atoms with van der Waals surface area (Å²) < 4.78 is 5.15. The first kappa shape index (κ1) is 9.61. The quantitative estimate of drug-likeness (QED) is 0.593. The molecule has 1 rings (SSSR count). The molecule has 1 fully saturated rings. The molecular formula is C8H13NO2S. The van der Waals surface area contributed by atoms with Gasteiger partial charge in [0, 0.05) is 19.5 Å².